The van der Waals surface area contributed by atoms with Crippen LogP contribution in [0.5, 0.6) is 0 Å². The molecule has 1 aromatic heterocycles. The molecule has 2 aromatic rings. The molecule has 0 saturated carbocycles. The summed E-state index contributed by atoms with van der Waals surface area (Å²) in [5.74, 6) is 0.929. The molecule has 0 bridgehead atoms. The van der Waals surface area contributed by atoms with Gasteiger partial charge in [0.2, 0.25) is 5.82 Å². The van der Waals surface area contributed by atoms with Crippen LogP contribution in [0.3, 0.4) is 0 Å². The van der Waals surface area contributed by atoms with Gasteiger partial charge in [-0.2, -0.15) is 0 Å². The van der Waals surface area contributed by atoms with Gasteiger partial charge in [0, 0.05) is 17.2 Å². The van der Waals surface area contributed by atoms with Crippen LogP contribution in [0.1, 0.15) is 51.4 Å². The van der Waals surface area contributed by atoms with Crippen molar-refractivity contribution in [3.05, 3.63) is 40.7 Å². The Kier molecular flexibility index (Phi) is 6.27. The first kappa shape index (κ1) is 19.3. The van der Waals surface area contributed by atoms with Gasteiger partial charge in [0.15, 0.2) is 0 Å². The van der Waals surface area contributed by atoms with E-state index in [4.69, 9.17) is 16.3 Å². The summed E-state index contributed by atoms with van der Waals surface area (Å²) in [4.78, 5) is 1.40. The van der Waals surface area contributed by atoms with Crippen molar-refractivity contribution in [2.45, 2.75) is 64.8 Å². The molecular formula is C19H29ClN5O+. The zero-order valence-electron chi connectivity index (χ0n) is 15.9. The Bertz CT molecular complexity index is 694. The fourth-order valence-corrected chi connectivity index (χ4v) is 3.51. The molecule has 0 radical (unpaired) electrons. The topological polar surface area (TPSA) is 57.3 Å². The molecule has 1 aliphatic heterocycles. The molecule has 26 heavy (non-hydrogen) atoms. The summed E-state index contributed by atoms with van der Waals surface area (Å²) in [6.07, 6.45) is 3.58. The normalized spacial score (nSPS) is 19.0. The molecule has 0 amide bonds. The maximum atomic E-state index is 6.03. The van der Waals surface area contributed by atoms with Crippen molar-refractivity contribution < 1.29 is 9.64 Å². The average Bonchev–Trinajstić information content (AvgIpc) is 3.29. The van der Waals surface area contributed by atoms with Crippen LogP contribution in [0.25, 0.3) is 0 Å². The molecule has 1 saturated heterocycles. The van der Waals surface area contributed by atoms with E-state index in [1.165, 1.54) is 10.5 Å². The van der Waals surface area contributed by atoms with Crippen LogP contribution in [0.2, 0.25) is 5.02 Å². The van der Waals surface area contributed by atoms with E-state index >= 15 is 0 Å². The van der Waals surface area contributed by atoms with Crippen molar-refractivity contribution in [2.24, 2.45) is 0 Å². The molecule has 1 N–H and O–H groups in total. The lowest BCUT2D eigenvalue weighted by atomic mass is 10.0. The summed E-state index contributed by atoms with van der Waals surface area (Å²) in [7, 11) is 0. The fraction of sp³-hybridized carbons (Fsp3) is 0.632. The quantitative estimate of drug-likeness (QED) is 0.765. The summed E-state index contributed by atoms with van der Waals surface area (Å²) in [5, 5.41) is 13.3. The first-order valence-corrected chi connectivity index (χ1v) is 9.83. The Labute approximate surface area is 160 Å². The highest BCUT2D eigenvalue weighted by Crippen LogP contribution is 2.18. The van der Waals surface area contributed by atoms with Gasteiger partial charge < -0.3 is 9.64 Å². The molecule has 2 atom stereocenters. The number of nitrogens with one attached hydrogen (secondary N) is 1. The lowest BCUT2D eigenvalue weighted by Crippen LogP contribution is -3.10. The van der Waals surface area contributed by atoms with Gasteiger partial charge in [-0.3, -0.25) is 0 Å². The standard InChI is InChI=1S/C19H28ClN5O/c1-4-19(2,3)25-18(21-22-23-25)14-24(13-17-6-5-11-26-17)12-15-7-9-16(20)10-8-15/h7-10,17H,4-6,11-14H2,1-3H3/p+1/t17-/m1/s1. The number of hydrogen-bond donors (Lipinski definition) is 1. The summed E-state index contributed by atoms with van der Waals surface area (Å²) in [6, 6.07) is 8.09. The second kappa shape index (κ2) is 8.46. The maximum absolute atomic E-state index is 6.03. The van der Waals surface area contributed by atoms with E-state index in [2.05, 4.69) is 48.4 Å². The third-order valence-corrected chi connectivity index (χ3v) is 5.54. The van der Waals surface area contributed by atoms with E-state index in [1.54, 1.807) is 0 Å². The molecule has 142 valence electrons. The van der Waals surface area contributed by atoms with Crippen molar-refractivity contribution in [1.82, 2.24) is 20.2 Å². The van der Waals surface area contributed by atoms with Gasteiger partial charge in [-0.25, -0.2) is 4.68 Å². The average molecular weight is 379 g/mol. The molecule has 0 aliphatic carbocycles. The minimum atomic E-state index is -0.0892. The van der Waals surface area contributed by atoms with Crippen molar-refractivity contribution in [1.29, 1.82) is 0 Å². The number of benzene rings is 1. The molecule has 1 fully saturated rings. The lowest BCUT2D eigenvalue weighted by Gasteiger charge is -2.26. The van der Waals surface area contributed by atoms with E-state index in [-0.39, 0.29) is 5.54 Å². The SMILES string of the molecule is CCC(C)(C)n1nnnc1C[NH+](Cc1ccc(Cl)cc1)C[C@H]1CCCO1. The van der Waals surface area contributed by atoms with Gasteiger partial charge >= 0.3 is 0 Å². The van der Waals surface area contributed by atoms with Gasteiger partial charge in [-0.05, 0) is 55.7 Å². The first-order valence-electron chi connectivity index (χ1n) is 9.45. The zero-order valence-corrected chi connectivity index (χ0v) is 16.7. The van der Waals surface area contributed by atoms with E-state index < -0.39 is 0 Å². The summed E-state index contributed by atoms with van der Waals surface area (Å²) >= 11 is 6.03. The Morgan fingerprint density at radius 1 is 1.27 bits per heavy atom. The number of aromatic nitrogens is 4. The Morgan fingerprint density at radius 2 is 2.04 bits per heavy atom. The number of ether oxygens (including phenoxy) is 1. The molecule has 1 unspecified atom stereocenters. The first-order chi connectivity index (χ1) is 12.5. The van der Waals surface area contributed by atoms with Crippen LogP contribution in [-0.2, 0) is 23.4 Å². The number of quaternary nitrogens is 1. The van der Waals surface area contributed by atoms with Crippen LogP contribution >= 0.6 is 11.6 Å². The van der Waals surface area contributed by atoms with Crippen LogP contribution in [0.15, 0.2) is 24.3 Å². The van der Waals surface area contributed by atoms with E-state index in [1.807, 2.05) is 16.8 Å². The predicted octanol–water partition coefficient (Wildman–Crippen LogP) is 2.24. The lowest BCUT2D eigenvalue weighted by molar-refractivity contribution is -0.931. The van der Waals surface area contributed by atoms with Crippen LogP contribution in [0, 0.1) is 0 Å². The van der Waals surface area contributed by atoms with E-state index in [0.29, 0.717) is 6.10 Å². The van der Waals surface area contributed by atoms with Gasteiger partial charge in [-0.1, -0.05) is 30.7 Å². The Hall–Kier alpha value is -1.50. The molecule has 6 nitrogen and oxygen atoms in total. The molecule has 1 aromatic carbocycles. The number of halogens is 1. The predicted molar refractivity (Wildman–Crippen MR) is 101 cm³/mol. The summed E-state index contributed by atoms with van der Waals surface area (Å²) in [6.45, 7) is 10.0. The summed E-state index contributed by atoms with van der Waals surface area (Å²) in [5.41, 5.74) is 1.17. The van der Waals surface area contributed by atoms with Crippen LogP contribution in [-0.4, -0.2) is 39.5 Å². The zero-order chi connectivity index (χ0) is 18.6. The smallest absolute Gasteiger partial charge is 0.206 e. The fourth-order valence-electron chi connectivity index (χ4n) is 3.38. The second-order valence-corrected chi connectivity index (χ2v) is 8.18. The monoisotopic (exact) mass is 378 g/mol. The molecule has 7 heteroatoms. The van der Waals surface area contributed by atoms with E-state index in [0.717, 1.165) is 56.4 Å². The van der Waals surface area contributed by atoms with Crippen molar-refractivity contribution in [3.8, 4) is 0 Å². The molecular weight excluding hydrogens is 350 g/mol. The summed E-state index contributed by atoms with van der Waals surface area (Å²) < 4.78 is 7.85. The van der Waals surface area contributed by atoms with Crippen molar-refractivity contribution >= 4 is 11.6 Å². The third-order valence-electron chi connectivity index (χ3n) is 5.29. The number of hydrogen-bond acceptors (Lipinski definition) is 4. The number of nitrogens with zero attached hydrogens (tertiary/aromatic N) is 4. The Morgan fingerprint density at radius 3 is 2.69 bits per heavy atom. The molecule has 1 aliphatic rings. The van der Waals surface area contributed by atoms with Gasteiger partial charge in [0.1, 0.15) is 25.7 Å². The van der Waals surface area contributed by atoms with Crippen molar-refractivity contribution in [2.75, 3.05) is 13.2 Å². The highest BCUT2D eigenvalue weighted by molar-refractivity contribution is 6.30. The molecule has 2 heterocycles. The van der Waals surface area contributed by atoms with Gasteiger partial charge in [0.25, 0.3) is 0 Å². The molecule has 3 rings (SSSR count). The van der Waals surface area contributed by atoms with E-state index in [9.17, 15) is 0 Å². The Balaban J connectivity index is 1.77. The van der Waals surface area contributed by atoms with Gasteiger partial charge in [-0.15, -0.1) is 5.10 Å². The number of tetrazole rings is 1. The second-order valence-electron chi connectivity index (χ2n) is 7.74. The highest BCUT2D eigenvalue weighted by Gasteiger charge is 2.28. The van der Waals surface area contributed by atoms with Crippen molar-refractivity contribution in [3.63, 3.8) is 0 Å². The van der Waals surface area contributed by atoms with Crippen LogP contribution in [0.4, 0.5) is 0 Å². The van der Waals surface area contributed by atoms with Gasteiger partial charge in [0.05, 0.1) is 5.54 Å². The third kappa shape index (κ3) is 4.81. The largest absolute Gasteiger partial charge is 0.372 e. The maximum Gasteiger partial charge on any atom is 0.206 e. The molecule has 0 spiro atoms. The minimum absolute atomic E-state index is 0.0892. The van der Waals surface area contributed by atoms with Crippen LogP contribution < -0.4 is 4.90 Å². The number of rotatable bonds is 8. The minimum Gasteiger partial charge on any atom is -0.372 e. The highest BCUT2D eigenvalue weighted by atomic mass is 35.5.